The van der Waals surface area contributed by atoms with E-state index in [-0.39, 0.29) is 12.5 Å². The molecule has 0 aromatic heterocycles. The fourth-order valence-electron chi connectivity index (χ4n) is 2.01. The Morgan fingerprint density at radius 3 is 2.55 bits per heavy atom. The molecule has 0 spiro atoms. The van der Waals surface area contributed by atoms with Gasteiger partial charge in [-0.1, -0.05) is 52.3 Å². The topological polar surface area (TPSA) is 49.3 Å². The lowest BCUT2D eigenvalue weighted by Gasteiger charge is -2.17. The molecule has 1 atom stereocenters. The van der Waals surface area contributed by atoms with E-state index in [1.54, 1.807) is 6.07 Å². The van der Waals surface area contributed by atoms with E-state index in [0.29, 0.717) is 5.56 Å². The minimum Gasteiger partial charge on any atom is -0.394 e. The van der Waals surface area contributed by atoms with Gasteiger partial charge in [-0.2, -0.15) is 0 Å². The fraction of sp³-hybridized carbons (Fsp3) is 0.188. The summed E-state index contributed by atoms with van der Waals surface area (Å²) in [5.41, 5.74) is 2.37. The number of halogens is 1. The first kappa shape index (κ1) is 14.8. The maximum atomic E-state index is 12.3. The van der Waals surface area contributed by atoms with E-state index >= 15 is 0 Å². The van der Waals surface area contributed by atoms with E-state index in [2.05, 4.69) is 21.2 Å². The SMILES string of the molecule is Cc1c(Br)cccc1C(=O)N[C@H](CO)c1ccccc1. The molecule has 0 aliphatic carbocycles. The predicted molar refractivity (Wildman–Crippen MR) is 82.6 cm³/mol. The van der Waals surface area contributed by atoms with Gasteiger partial charge in [0.05, 0.1) is 12.6 Å². The van der Waals surface area contributed by atoms with Crippen molar-refractivity contribution in [2.24, 2.45) is 0 Å². The molecular formula is C16H16BrNO2. The second-order valence-electron chi connectivity index (χ2n) is 4.53. The van der Waals surface area contributed by atoms with Crippen LogP contribution in [0.5, 0.6) is 0 Å². The molecule has 0 saturated heterocycles. The minimum absolute atomic E-state index is 0.136. The number of rotatable bonds is 4. The van der Waals surface area contributed by atoms with Crippen LogP contribution < -0.4 is 5.32 Å². The highest BCUT2D eigenvalue weighted by Gasteiger charge is 2.16. The van der Waals surface area contributed by atoms with E-state index in [0.717, 1.165) is 15.6 Å². The Balaban J connectivity index is 2.20. The Morgan fingerprint density at radius 2 is 1.90 bits per heavy atom. The number of hydrogen-bond donors (Lipinski definition) is 2. The summed E-state index contributed by atoms with van der Waals surface area (Å²) in [6, 6.07) is 14.5. The quantitative estimate of drug-likeness (QED) is 0.902. The van der Waals surface area contributed by atoms with Crippen LogP contribution in [0.15, 0.2) is 53.0 Å². The summed E-state index contributed by atoms with van der Waals surface area (Å²) >= 11 is 3.41. The second-order valence-corrected chi connectivity index (χ2v) is 5.39. The van der Waals surface area contributed by atoms with Crippen LogP contribution in [0.1, 0.15) is 27.5 Å². The lowest BCUT2D eigenvalue weighted by molar-refractivity contribution is 0.0915. The number of nitrogens with one attached hydrogen (secondary N) is 1. The maximum absolute atomic E-state index is 12.3. The van der Waals surface area contributed by atoms with Gasteiger partial charge in [-0.05, 0) is 30.2 Å². The van der Waals surface area contributed by atoms with Crippen molar-refractivity contribution in [2.45, 2.75) is 13.0 Å². The number of carbonyl (C=O) groups excluding carboxylic acids is 1. The van der Waals surface area contributed by atoms with Crippen molar-refractivity contribution in [2.75, 3.05) is 6.61 Å². The lowest BCUT2D eigenvalue weighted by atomic mass is 10.1. The van der Waals surface area contributed by atoms with Gasteiger partial charge in [-0.3, -0.25) is 4.79 Å². The van der Waals surface area contributed by atoms with Gasteiger partial charge in [0.1, 0.15) is 0 Å². The summed E-state index contributed by atoms with van der Waals surface area (Å²) in [5.74, 6) is -0.188. The Labute approximate surface area is 126 Å². The molecule has 0 fully saturated rings. The van der Waals surface area contributed by atoms with E-state index in [1.807, 2.05) is 49.4 Å². The minimum atomic E-state index is -0.401. The maximum Gasteiger partial charge on any atom is 0.252 e. The molecule has 0 unspecified atom stereocenters. The molecule has 0 aliphatic heterocycles. The van der Waals surface area contributed by atoms with Gasteiger partial charge in [-0.25, -0.2) is 0 Å². The number of aliphatic hydroxyl groups excluding tert-OH is 1. The molecule has 0 aliphatic rings. The largest absolute Gasteiger partial charge is 0.394 e. The molecule has 1 amide bonds. The summed E-state index contributed by atoms with van der Waals surface area (Å²) in [6.07, 6.45) is 0. The molecule has 0 saturated carbocycles. The van der Waals surface area contributed by atoms with Crippen molar-refractivity contribution in [3.05, 3.63) is 69.7 Å². The third-order valence-electron chi connectivity index (χ3n) is 3.20. The van der Waals surface area contributed by atoms with Gasteiger partial charge >= 0.3 is 0 Å². The first-order valence-corrected chi connectivity index (χ1v) is 7.14. The Hall–Kier alpha value is -1.65. The van der Waals surface area contributed by atoms with Crippen LogP contribution in [0.25, 0.3) is 0 Å². The molecule has 4 heteroatoms. The molecule has 2 aromatic rings. The standard InChI is InChI=1S/C16H16BrNO2/c1-11-13(8-5-9-14(11)17)16(20)18-15(10-19)12-6-3-2-4-7-12/h2-9,15,19H,10H2,1H3,(H,18,20)/t15-/m1/s1. The van der Waals surface area contributed by atoms with E-state index in [4.69, 9.17) is 0 Å². The molecule has 0 heterocycles. The summed E-state index contributed by atoms with van der Waals surface area (Å²) < 4.78 is 0.894. The highest BCUT2D eigenvalue weighted by Crippen LogP contribution is 2.20. The van der Waals surface area contributed by atoms with Crippen molar-refractivity contribution >= 4 is 21.8 Å². The van der Waals surface area contributed by atoms with E-state index in [9.17, 15) is 9.90 Å². The third kappa shape index (κ3) is 3.26. The molecule has 0 bridgehead atoms. The highest BCUT2D eigenvalue weighted by atomic mass is 79.9. The van der Waals surface area contributed by atoms with Crippen LogP contribution in [0.2, 0.25) is 0 Å². The van der Waals surface area contributed by atoms with Crippen LogP contribution in [-0.2, 0) is 0 Å². The van der Waals surface area contributed by atoms with Gasteiger partial charge in [0.15, 0.2) is 0 Å². The number of amides is 1. The zero-order valence-corrected chi connectivity index (χ0v) is 12.7. The van der Waals surface area contributed by atoms with Gasteiger partial charge in [0.25, 0.3) is 5.91 Å². The van der Waals surface area contributed by atoms with Crippen molar-refractivity contribution in [1.29, 1.82) is 0 Å². The molecule has 2 N–H and O–H groups in total. The van der Waals surface area contributed by atoms with Crippen molar-refractivity contribution in [3.8, 4) is 0 Å². The highest BCUT2D eigenvalue weighted by molar-refractivity contribution is 9.10. The lowest BCUT2D eigenvalue weighted by Crippen LogP contribution is -2.31. The van der Waals surface area contributed by atoms with Gasteiger partial charge in [-0.15, -0.1) is 0 Å². The first-order valence-electron chi connectivity index (χ1n) is 6.35. The molecule has 2 rings (SSSR count). The summed E-state index contributed by atoms with van der Waals surface area (Å²) in [5, 5.41) is 12.3. The summed E-state index contributed by atoms with van der Waals surface area (Å²) in [4.78, 5) is 12.3. The van der Waals surface area contributed by atoms with Crippen LogP contribution in [0.4, 0.5) is 0 Å². The predicted octanol–water partition coefficient (Wildman–Crippen LogP) is 3.22. The Morgan fingerprint density at radius 1 is 1.20 bits per heavy atom. The first-order chi connectivity index (χ1) is 9.63. The van der Waals surface area contributed by atoms with Gasteiger partial charge < -0.3 is 10.4 Å². The van der Waals surface area contributed by atoms with E-state index in [1.165, 1.54) is 0 Å². The second kappa shape index (κ2) is 6.68. The number of aliphatic hydroxyl groups is 1. The monoisotopic (exact) mass is 333 g/mol. The third-order valence-corrected chi connectivity index (χ3v) is 4.06. The van der Waals surface area contributed by atoms with E-state index < -0.39 is 6.04 Å². The zero-order chi connectivity index (χ0) is 14.5. The number of benzene rings is 2. The van der Waals surface area contributed by atoms with Crippen molar-refractivity contribution < 1.29 is 9.90 Å². The molecule has 2 aromatic carbocycles. The van der Waals surface area contributed by atoms with Crippen LogP contribution >= 0.6 is 15.9 Å². The van der Waals surface area contributed by atoms with Gasteiger partial charge in [0.2, 0.25) is 0 Å². The Bertz CT molecular complexity index is 599. The average molecular weight is 334 g/mol. The molecular weight excluding hydrogens is 318 g/mol. The summed E-state index contributed by atoms with van der Waals surface area (Å²) in [7, 11) is 0. The van der Waals surface area contributed by atoms with Crippen LogP contribution in [0, 0.1) is 6.92 Å². The molecule has 104 valence electrons. The number of hydrogen-bond acceptors (Lipinski definition) is 2. The zero-order valence-electron chi connectivity index (χ0n) is 11.1. The molecule has 0 radical (unpaired) electrons. The molecule has 20 heavy (non-hydrogen) atoms. The van der Waals surface area contributed by atoms with Crippen LogP contribution in [0.3, 0.4) is 0 Å². The molecule has 3 nitrogen and oxygen atoms in total. The van der Waals surface area contributed by atoms with Crippen molar-refractivity contribution in [3.63, 3.8) is 0 Å². The average Bonchev–Trinajstić information content (AvgIpc) is 2.48. The van der Waals surface area contributed by atoms with Crippen molar-refractivity contribution in [1.82, 2.24) is 5.32 Å². The Kier molecular flexibility index (Phi) is 4.93. The summed E-state index contributed by atoms with van der Waals surface area (Å²) in [6.45, 7) is 1.75. The fourth-order valence-corrected chi connectivity index (χ4v) is 2.38. The van der Waals surface area contributed by atoms with Gasteiger partial charge in [0, 0.05) is 10.0 Å². The van der Waals surface area contributed by atoms with Crippen LogP contribution in [-0.4, -0.2) is 17.6 Å². The smallest absolute Gasteiger partial charge is 0.252 e. The normalized spacial score (nSPS) is 11.9. The number of carbonyl (C=O) groups is 1.